The summed E-state index contributed by atoms with van der Waals surface area (Å²) in [4.78, 5) is 2.25. The van der Waals surface area contributed by atoms with E-state index >= 15 is 0 Å². The molecule has 0 bridgehead atoms. The summed E-state index contributed by atoms with van der Waals surface area (Å²) in [6, 6.07) is 10.6. The average Bonchev–Trinajstić information content (AvgIpc) is 2.26. The van der Waals surface area contributed by atoms with Crippen LogP contribution in [0.2, 0.25) is 0 Å². The van der Waals surface area contributed by atoms with Crippen molar-refractivity contribution in [3.05, 3.63) is 35.9 Å². The van der Waals surface area contributed by atoms with Crippen LogP contribution in [0.3, 0.4) is 0 Å². The second-order valence-electron chi connectivity index (χ2n) is 5.12. The van der Waals surface area contributed by atoms with Crippen molar-refractivity contribution in [1.29, 1.82) is 0 Å². The molecule has 0 saturated carbocycles. The highest BCUT2D eigenvalue weighted by atomic mass is 15.2. The van der Waals surface area contributed by atoms with Crippen LogP contribution in [0.5, 0.6) is 0 Å². The molecule has 1 aromatic rings. The Bertz CT molecular complexity index is 291. The van der Waals surface area contributed by atoms with Gasteiger partial charge < -0.3 is 10.2 Å². The van der Waals surface area contributed by atoms with Crippen molar-refractivity contribution in [3.8, 4) is 0 Å². The molecule has 1 N–H and O–H groups in total. The maximum atomic E-state index is 3.51. The van der Waals surface area contributed by atoms with Crippen LogP contribution < -0.4 is 5.32 Å². The zero-order valence-electron chi connectivity index (χ0n) is 11.0. The molecular weight excluding hydrogens is 196 g/mol. The van der Waals surface area contributed by atoms with Gasteiger partial charge in [-0.2, -0.15) is 0 Å². The fourth-order valence-corrected chi connectivity index (χ4v) is 1.43. The summed E-state index contributed by atoms with van der Waals surface area (Å²) >= 11 is 0. The van der Waals surface area contributed by atoms with Gasteiger partial charge in [-0.05, 0) is 46.5 Å². The smallest absolute Gasteiger partial charge is 0.0271 e. The lowest BCUT2D eigenvalue weighted by Crippen LogP contribution is -2.47. The molecule has 90 valence electrons. The third-order valence-corrected chi connectivity index (χ3v) is 3.20. The van der Waals surface area contributed by atoms with Gasteiger partial charge in [0.25, 0.3) is 0 Å². The van der Waals surface area contributed by atoms with E-state index in [0.717, 1.165) is 19.5 Å². The van der Waals surface area contributed by atoms with Crippen molar-refractivity contribution in [2.75, 3.05) is 27.2 Å². The predicted molar refractivity (Wildman–Crippen MR) is 70.8 cm³/mol. The summed E-state index contributed by atoms with van der Waals surface area (Å²) in [6.45, 7) is 6.57. The van der Waals surface area contributed by atoms with Gasteiger partial charge in [0.05, 0.1) is 0 Å². The molecule has 0 aliphatic carbocycles. The maximum Gasteiger partial charge on any atom is 0.0271 e. The lowest BCUT2D eigenvalue weighted by Gasteiger charge is -2.32. The summed E-state index contributed by atoms with van der Waals surface area (Å²) < 4.78 is 0. The highest BCUT2D eigenvalue weighted by Crippen LogP contribution is 2.07. The third-order valence-electron chi connectivity index (χ3n) is 3.20. The third kappa shape index (κ3) is 4.33. The van der Waals surface area contributed by atoms with Crippen molar-refractivity contribution < 1.29 is 0 Å². The molecule has 2 heteroatoms. The lowest BCUT2D eigenvalue weighted by atomic mass is 10.0. The van der Waals surface area contributed by atoms with E-state index in [2.05, 4.69) is 68.5 Å². The molecule has 0 fully saturated rings. The minimum absolute atomic E-state index is 0.219. The van der Waals surface area contributed by atoms with Crippen LogP contribution in [-0.4, -0.2) is 37.6 Å². The number of hydrogen-bond donors (Lipinski definition) is 1. The molecule has 0 aliphatic rings. The molecule has 0 amide bonds. The predicted octanol–water partition coefficient (Wildman–Crippen LogP) is 2.16. The number of benzene rings is 1. The Balaban J connectivity index is 2.22. The highest BCUT2D eigenvalue weighted by molar-refractivity contribution is 5.14. The first-order valence-electron chi connectivity index (χ1n) is 5.94. The van der Waals surface area contributed by atoms with Gasteiger partial charge in [0.2, 0.25) is 0 Å². The summed E-state index contributed by atoms with van der Waals surface area (Å²) in [5.41, 5.74) is 1.62. The van der Waals surface area contributed by atoms with Crippen LogP contribution in [0.25, 0.3) is 0 Å². The Morgan fingerprint density at radius 1 is 1.12 bits per heavy atom. The van der Waals surface area contributed by atoms with Crippen LogP contribution in [-0.2, 0) is 6.42 Å². The van der Waals surface area contributed by atoms with E-state index in [9.17, 15) is 0 Å². The molecule has 1 rings (SSSR count). The van der Waals surface area contributed by atoms with Gasteiger partial charge in [-0.15, -0.1) is 0 Å². The molecule has 0 saturated heterocycles. The fraction of sp³-hybridized carbons (Fsp3) is 0.571. The number of nitrogens with zero attached hydrogens (tertiary/aromatic N) is 1. The van der Waals surface area contributed by atoms with Crippen molar-refractivity contribution in [2.24, 2.45) is 0 Å². The molecule has 0 heterocycles. The molecule has 0 aliphatic heterocycles. The Morgan fingerprint density at radius 2 is 1.75 bits per heavy atom. The number of hydrogen-bond acceptors (Lipinski definition) is 2. The first-order valence-corrected chi connectivity index (χ1v) is 5.94. The topological polar surface area (TPSA) is 15.3 Å². The van der Waals surface area contributed by atoms with E-state index in [-0.39, 0.29) is 5.54 Å². The minimum Gasteiger partial charge on any atom is -0.315 e. The van der Waals surface area contributed by atoms with Gasteiger partial charge in [0.15, 0.2) is 0 Å². The largest absolute Gasteiger partial charge is 0.315 e. The highest BCUT2D eigenvalue weighted by Gasteiger charge is 2.18. The minimum atomic E-state index is 0.219. The van der Waals surface area contributed by atoms with Crippen LogP contribution in [0.1, 0.15) is 19.4 Å². The normalized spacial score (nSPS) is 12.1. The van der Waals surface area contributed by atoms with Crippen molar-refractivity contribution in [2.45, 2.75) is 25.8 Å². The average molecular weight is 220 g/mol. The molecule has 2 nitrogen and oxygen atoms in total. The van der Waals surface area contributed by atoms with Crippen LogP contribution in [0.4, 0.5) is 0 Å². The van der Waals surface area contributed by atoms with Crippen molar-refractivity contribution >= 4 is 0 Å². The Morgan fingerprint density at radius 3 is 2.31 bits per heavy atom. The Labute approximate surface area is 99.7 Å². The van der Waals surface area contributed by atoms with E-state index in [1.54, 1.807) is 0 Å². The maximum absolute atomic E-state index is 3.51. The molecule has 0 aromatic heterocycles. The van der Waals surface area contributed by atoms with Crippen LogP contribution in [0, 0.1) is 0 Å². The van der Waals surface area contributed by atoms with E-state index < -0.39 is 0 Å². The van der Waals surface area contributed by atoms with Gasteiger partial charge in [0, 0.05) is 12.1 Å². The number of nitrogens with one attached hydrogen (secondary N) is 1. The van der Waals surface area contributed by atoms with Crippen LogP contribution in [0.15, 0.2) is 30.3 Å². The zero-order chi connectivity index (χ0) is 12.0. The monoisotopic (exact) mass is 220 g/mol. The van der Waals surface area contributed by atoms with Gasteiger partial charge >= 0.3 is 0 Å². The number of likely N-dealkylation sites (N-methyl/N-ethyl adjacent to an activating group) is 1. The van der Waals surface area contributed by atoms with Gasteiger partial charge in [-0.3, -0.25) is 0 Å². The second-order valence-corrected chi connectivity index (χ2v) is 5.12. The van der Waals surface area contributed by atoms with E-state index in [4.69, 9.17) is 0 Å². The van der Waals surface area contributed by atoms with Gasteiger partial charge in [-0.25, -0.2) is 0 Å². The summed E-state index contributed by atoms with van der Waals surface area (Å²) in [5, 5.41) is 3.51. The SMILES string of the molecule is CN(C)C(C)(C)CNCCc1ccccc1. The van der Waals surface area contributed by atoms with Crippen molar-refractivity contribution in [1.82, 2.24) is 10.2 Å². The van der Waals surface area contributed by atoms with Crippen molar-refractivity contribution in [3.63, 3.8) is 0 Å². The quantitative estimate of drug-likeness (QED) is 0.739. The Kier molecular flexibility index (Phi) is 4.97. The molecule has 0 spiro atoms. The zero-order valence-corrected chi connectivity index (χ0v) is 11.0. The molecule has 0 radical (unpaired) electrons. The van der Waals surface area contributed by atoms with E-state index in [1.807, 2.05) is 0 Å². The van der Waals surface area contributed by atoms with E-state index in [0.29, 0.717) is 0 Å². The van der Waals surface area contributed by atoms with Crippen LogP contribution >= 0.6 is 0 Å². The van der Waals surface area contributed by atoms with Gasteiger partial charge in [-0.1, -0.05) is 30.3 Å². The fourth-order valence-electron chi connectivity index (χ4n) is 1.43. The van der Waals surface area contributed by atoms with E-state index in [1.165, 1.54) is 5.56 Å². The summed E-state index contributed by atoms with van der Waals surface area (Å²) in [5.74, 6) is 0. The lowest BCUT2D eigenvalue weighted by molar-refractivity contribution is 0.190. The Hall–Kier alpha value is -0.860. The van der Waals surface area contributed by atoms with Gasteiger partial charge in [0.1, 0.15) is 0 Å². The summed E-state index contributed by atoms with van der Waals surface area (Å²) in [7, 11) is 4.25. The summed E-state index contributed by atoms with van der Waals surface area (Å²) in [6.07, 6.45) is 1.10. The first-order chi connectivity index (χ1) is 7.52. The number of rotatable bonds is 6. The molecule has 1 aromatic carbocycles. The molecule has 0 unspecified atom stereocenters. The second kappa shape index (κ2) is 6.02. The molecular formula is C14H24N2. The molecule has 0 atom stereocenters. The molecule has 16 heavy (non-hydrogen) atoms. The first kappa shape index (κ1) is 13.2. The standard InChI is InChI=1S/C14H24N2/c1-14(2,16(3)4)12-15-11-10-13-8-6-5-7-9-13/h5-9,15H,10-12H2,1-4H3.